The van der Waals surface area contributed by atoms with Crippen LogP contribution in [0.25, 0.3) is 0 Å². The Bertz CT molecular complexity index is 973. The van der Waals surface area contributed by atoms with Gasteiger partial charge in [0.25, 0.3) is 10.0 Å². The number of nitrogens with zero attached hydrogens (tertiary/aromatic N) is 1. The molecule has 0 atom stereocenters. The number of esters is 1. The molecule has 0 aliphatic carbocycles. The van der Waals surface area contributed by atoms with Crippen LogP contribution in [0.4, 0.5) is 0 Å². The molecule has 0 aliphatic heterocycles. The number of ether oxygens (including phenoxy) is 1. The predicted octanol–water partition coefficient (Wildman–Crippen LogP) is 2.08. The second-order valence-electron chi connectivity index (χ2n) is 6.60. The summed E-state index contributed by atoms with van der Waals surface area (Å²) in [5, 5.41) is 2.69. The molecule has 2 rings (SSSR count). The van der Waals surface area contributed by atoms with Gasteiger partial charge in [-0.05, 0) is 37.1 Å². The van der Waals surface area contributed by atoms with Crippen molar-refractivity contribution < 1.29 is 27.6 Å². The lowest BCUT2D eigenvalue weighted by molar-refractivity contribution is -0.121. The Labute approximate surface area is 176 Å². The van der Waals surface area contributed by atoms with Crippen molar-refractivity contribution in [1.29, 1.82) is 0 Å². The second-order valence-corrected chi connectivity index (χ2v) is 8.53. The summed E-state index contributed by atoms with van der Waals surface area (Å²) in [5.41, 5.74) is 2.33. The minimum atomic E-state index is -3.87. The van der Waals surface area contributed by atoms with Gasteiger partial charge in [-0.2, -0.15) is 0 Å². The van der Waals surface area contributed by atoms with Crippen LogP contribution in [0.3, 0.4) is 0 Å². The van der Waals surface area contributed by atoms with Gasteiger partial charge in [0.1, 0.15) is 6.61 Å². The van der Waals surface area contributed by atoms with Crippen LogP contribution < -0.4 is 5.32 Å². The van der Waals surface area contributed by atoms with E-state index in [4.69, 9.17) is 9.57 Å². The van der Waals surface area contributed by atoms with Crippen LogP contribution in [0.5, 0.6) is 0 Å². The quantitative estimate of drug-likeness (QED) is 0.349. The zero-order valence-corrected chi connectivity index (χ0v) is 18.1. The second kappa shape index (κ2) is 10.9. The minimum absolute atomic E-state index is 0.0238. The summed E-state index contributed by atoms with van der Waals surface area (Å²) in [6.07, 6.45) is 0.965. The summed E-state index contributed by atoms with van der Waals surface area (Å²) in [5.74, 6) is -0.816. The number of amides is 1. The molecule has 0 radical (unpaired) electrons. The van der Waals surface area contributed by atoms with Crippen LogP contribution in [0, 0.1) is 6.92 Å². The van der Waals surface area contributed by atoms with Gasteiger partial charge in [0.2, 0.25) is 5.91 Å². The van der Waals surface area contributed by atoms with Crippen LogP contribution in [0.1, 0.15) is 27.9 Å². The molecule has 2 aromatic carbocycles. The minimum Gasteiger partial charge on any atom is -0.460 e. The van der Waals surface area contributed by atoms with Crippen molar-refractivity contribution in [3.63, 3.8) is 0 Å². The monoisotopic (exact) mass is 434 g/mol. The number of hydroxylamine groups is 1. The van der Waals surface area contributed by atoms with Crippen molar-refractivity contribution in [2.75, 3.05) is 27.3 Å². The Morgan fingerprint density at radius 3 is 2.47 bits per heavy atom. The lowest BCUT2D eigenvalue weighted by atomic mass is 10.1. The van der Waals surface area contributed by atoms with E-state index in [1.54, 1.807) is 0 Å². The number of aryl methyl sites for hydroxylation is 2. The van der Waals surface area contributed by atoms with E-state index in [1.807, 2.05) is 31.2 Å². The van der Waals surface area contributed by atoms with Crippen LogP contribution >= 0.6 is 0 Å². The van der Waals surface area contributed by atoms with Gasteiger partial charge in [0.15, 0.2) is 0 Å². The van der Waals surface area contributed by atoms with E-state index in [2.05, 4.69) is 5.32 Å². The van der Waals surface area contributed by atoms with Crippen molar-refractivity contribution in [2.24, 2.45) is 0 Å². The van der Waals surface area contributed by atoms with Gasteiger partial charge in [-0.3, -0.25) is 9.63 Å². The molecule has 30 heavy (non-hydrogen) atoms. The fourth-order valence-electron chi connectivity index (χ4n) is 2.55. The maximum Gasteiger partial charge on any atom is 0.338 e. The van der Waals surface area contributed by atoms with E-state index in [0.717, 1.165) is 5.56 Å². The molecule has 0 heterocycles. The molecule has 0 aromatic heterocycles. The third-order valence-corrected chi connectivity index (χ3v) is 6.06. The van der Waals surface area contributed by atoms with Gasteiger partial charge in [0, 0.05) is 13.5 Å². The molecule has 0 bridgehead atoms. The van der Waals surface area contributed by atoms with Gasteiger partial charge in [-0.1, -0.05) is 40.4 Å². The van der Waals surface area contributed by atoms with E-state index in [-0.39, 0.29) is 29.5 Å². The van der Waals surface area contributed by atoms with E-state index >= 15 is 0 Å². The standard InChI is InChI=1S/C21H26N2O6S/c1-16-7-9-17(10-8-16)11-12-20(24)22-13-14-29-21(25)18-5-4-6-19(15-18)30(26,27)23(2)28-3/h4-10,15H,11-14H2,1-3H3,(H,22,24). The molecule has 9 heteroatoms. The summed E-state index contributed by atoms with van der Waals surface area (Å²) in [6.45, 7) is 2.15. The Balaban J connectivity index is 1.78. The summed E-state index contributed by atoms with van der Waals surface area (Å²) >= 11 is 0. The number of carbonyl (C=O) groups excluding carboxylic acids is 2. The maximum atomic E-state index is 12.3. The number of nitrogens with one attached hydrogen (secondary N) is 1. The molecular formula is C21H26N2O6S. The topological polar surface area (TPSA) is 102 Å². The SMILES string of the molecule is CON(C)S(=O)(=O)c1cccc(C(=O)OCCNC(=O)CCc2ccc(C)cc2)c1. The molecule has 0 unspecified atom stereocenters. The summed E-state index contributed by atoms with van der Waals surface area (Å²) in [6, 6.07) is 13.4. The van der Waals surface area contributed by atoms with Gasteiger partial charge >= 0.3 is 5.97 Å². The highest BCUT2D eigenvalue weighted by Gasteiger charge is 2.22. The first-order valence-corrected chi connectivity index (χ1v) is 10.8. The molecule has 0 aliphatic rings. The molecule has 0 saturated heterocycles. The summed E-state index contributed by atoms with van der Waals surface area (Å²) in [7, 11) is -1.39. The number of sulfonamides is 1. The number of rotatable bonds is 10. The first kappa shape index (κ1) is 23.5. The van der Waals surface area contributed by atoms with Crippen LogP contribution in [-0.4, -0.2) is 52.1 Å². The van der Waals surface area contributed by atoms with Gasteiger partial charge < -0.3 is 10.1 Å². The highest BCUT2D eigenvalue weighted by atomic mass is 32.2. The zero-order valence-electron chi connectivity index (χ0n) is 17.3. The molecule has 0 saturated carbocycles. The van der Waals surface area contributed by atoms with Crippen molar-refractivity contribution in [3.8, 4) is 0 Å². The van der Waals surface area contributed by atoms with Crippen molar-refractivity contribution in [2.45, 2.75) is 24.7 Å². The number of carbonyl (C=O) groups is 2. The van der Waals surface area contributed by atoms with Crippen LogP contribution in [0.2, 0.25) is 0 Å². The fraction of sp³-hybridized carbons (Fsp3) is 0.333. The summed E-state index contributed by atoms with van der Waals surface area (Å²) in [4.78, 5) is 28.7. The number of benzene rings is 2. The molecule has 162 valence electrons. The first-order valence-electron chi connectivity index (χ1n) is 9.36. The van der Waals surface area contributed by atoms with Gasteiger partial charge in [0.05, 0.1) is 24.1 Å². The lowest BCUT2D eigenvalue weighted by Crippen LogP contribution is -2.28. The fourth-order valence-corrected chi connectivity index (χ4v) is 3.57. The Morgan fingerprint density at radius 1 is 1.10 bits per heavy atom. The van der Waals surface area contributed by atoms with E-state index in [9.17, 15) is 18.0 Å². The normalized spacial score (nSPS) is 11.3. The van der Waals surface area contributed by atoms with Crippen molar-refractivity contribution >= 4 is 21.9 Å². The lowest BCUT2D eigenvalue weighted by Gasteiger charge is -2.14. The molecule has 1 N–H and O–H groups in total. The smallest absolute Gasteiger partial charge is 0.338 e. The molecule has 8 nitrogen and oxygen atoms in total. The van der Waals surface area contributed by atoms with E-state index in [1.165, 1.54) is 44.0 Å². The molecule has 0 spiro atoms. The molecular weight excluding hydrogens is 408 g/mol. The van der Waals surface area contributed by atoms with Crippen LogP contribution in [-0.2, 0) is 30.8 Å². The molecule has 0 fully saturated rings. The number of hydrogen-bond donors (Lipinski definition) is 1. The van der Waals surface area contributed by atoms with Gasteiger partial charge in [-0.15, -0.1) is 0 Å². The number of hydrogen-bond acceptors (Lipinski definition) is 6. The molecule has 2 aromatic rings. The van der Waals surface area contributed by atoms with Crippen molar-refractivity contribution in [3.05, 3.63) is 65.2 Å². The van der Waals surface area contributed by atoms with Gasteiger partial charge in [-0.25, -0.2) is 13.2 Å². The zero-order chi connectivity index (χ0) is 22.1. The van der Waals surface area contributed by atoms with Crippen LogP contribution in [0.15, 0.2) is 53.4 Å². The summed E-state index contributed by atoms with van der Waals surface area (Å²) < 4.78 is 30.3. The molecule has 1 amide bonds. The Kier molecular flexibility index (Phi) is 8.52. The average molecular weight is 435 g/mol. The predicted molar refractivity (Wildman–Crippen MR) is 111 cm³/mol. The van der Waals surface area contributed by atoms with E-state index < -0.39 is 16.0 Å². The Hall–Kier alpha value is -2.75. The highest BCUT2D eigenvalue weighted by molar-refractivity contribution is 7.89. The largest absolute Gasteiger partial charge is 0.460 e. The Morgan fingerprint density at radius 2 is 1.80 bits per heavy atom. The first-order chi connectivity index (χ1) is 14.2. The highest BCUT2D eigenvalue weighted by Crippen LogP contribution is 2.16. The average Bonchev–Trinajstić information content (AvgIpc) is 2.75. The van der Waals surface area contributed by atoms with E-state index in [0.29, 0.717) is 17.3 Å². The third-order valence-electron chi connectivity index (χ3n) is 4.38. The third kappa shape index (κ3) is 6.65. The maximum absolute atomic E-state index is 12.3. The van der Waals surface area contributed by atoms with Crippen molar-refractivity contribution in [1.82, 2.24) is 9.79 Å².